The van der Waals surface area contributed by atoms with Crippen LogP contribution in [0.5, 0.6) is 0 Å². The van der Waals surface area contributed by atoms with Gasteiger partial charge in [-0.25, -0.2) is 0 Å². The minimum absolute atomic E-state index is 0.427. The molecule has 0 aliphatic rings. The maximum Gasteiger partial charge on any atom is 0.0552 e. The lowest BCUT2D eigenvalue weighted by molar-refractivity contribution is 3.13. The Labute approximate surface area is 686 Å². The fourth-order valence-electron chi connectivity index (χ4n) is 28.7. The number of hydrogen-bond acceptors (Lipinski definition) is 0. The van der Waals surface area contributed by atoms with Crippen LogP contribution in [0, 0.1) is 0 Å². The van der Waals surface area contributed by atoms with Gasteiger partial charge in [0.1, 0.15) is 0 Å². The molecule has 0 bridgehead atoms. The maximum atomic E-state index is 2.82. The lowest BCUT2D eigenvalue weighted by Gasteiger charge is -2.62. The summed E-state index contributed by atoms with van der Waals surface area (Å²) in [5, 5.41) is 0. The van der Waals surface area contributed by atoms with E-state index in [1.807, 2.05) is 0 Å². The van der Waals surface area contributed by atoms with Crippen LogP contribution in [0.4, 0.5) is 0 Å². The van der Waals surface area contributed by atoms with E-state index in [9.17, 15) is 0 Å². The molecule has 98 heavy (non-hydrogen) atoms. The molecule has 98 heteroatoms. The minimum Gasteiger partial charge on any atom is 0.000000161 e. The minimum atomic E-state index is 0.427. The first-order valence-corrected chi connectivity index (χ1v) is 44.5. The molecule has 0 heterocycles. The SMILES string of the molecule is BB(B)B(B(B)B)B(B(B)B)B(B(B(B)B)B(B)B)B(B(B(B(B)B)B(B)B)B(B(B)B)B(B)B)B(B(B(B(B(B)B)B(B)B)B(B(B)B)B(B)B)B(B(B(B)B)B(B)B)B(B(B)B)B(B)B)B(B(B(B(B)B)B(B)B)B(B(B)B)B(B)B)B(B(B(B)B)B(B)B)B(B(B)B)B(B)B. The normalized spacial score (nSPS) is 9.84. The van der Waals surface area contributed by atoms with E-state index in [0.29, 0.717) is 306 Å². The monoisotopic (exact) mass is 1180 g/mol. The van der Waals surface area contributed by atoms with Crippen molar-refractivity contribution in [2.45, 2.75) is 0 Å². The van der Waals surface area contributed by atoms with Crippen LogP contribution in [0.15, 0.2) is 0 Å². The van der Waals surface area contributed by atoms with E-state index in [-0.39, 0.29) is 0 Å². The largest absolute Gasteiger partial charge is 0.0552 e. The van der Waals surface area contributed by atoms with Crippen molar-refractivity contribution >= 4 is 693 Å². The van der Waals surface area contributed by atoms with Gasteiger partial charge in [-0.2, -0.15) is 0 Å². The van der Waals surface area contributed by atoms with E-state index >= 15 is 0 Å². The average Bonchev–Trinajstić information content (AvgIpc) is 3.37. The second-order valence-corrected chi connectivity index (χ2v) is 44.4. The molecule has 0 fully saturated rings. The van der Waals surface area contributed by atoms with Crippen LogP contribution in [0.25, 0.3) is 0 Å². The molecule has 0 radical (unpaired) electrons. The van der Waals surface area contributed by atoms with Gasteiger partial charge in [0.25, 0.3) is 0 Å². The lowest BCUT2D eigenvalue weighted by Crippen LogP contribution is -3.01. The molecule has 0 saturated carbocycles. The summed E-state index contributed by atoms with van der Waals surface area (Å²) in [7, 11) is 139. The standard InChI is InChI=1S/B98H100/c1-51(2)76(52(3)4)88(75(49)50)94(87(73(45)46)74(47)48)97(93(85(69(37)38)70(39)40)86(71(41)42)72(43)44)98(95(89(77(53(5)6)54(7)8)78(55(9)10)56(11)12)90(79(57(13)14)58(15)16)80(59(17)18)60(19)20)96(91(81(61(21)22)62(23)24)82(63(25)26)64(27)28)92(83(65(29)30)66(31)32)84(67(33)34)68(35)36/h1-50H2. The molecule has 0 aliphatic carbocycles. The van der Waals surface area contributed by atoms with Gasteiger partial charge in [-0.1, -0.05) is 0 Å². The summed E-state index contributed by atoms with van der Waals surface area (Å²) in [6, 6.07) is 0. The first-order valence-electron chi connectivity index (χ1n) is 44.5. The summed E-state index contributed by atoms with van der Waals surface area (Å²) < 4.78 is 0. The molecule has 0 rings (SSSR count). The lowest BCUT2D eigenvalue weighted by atomic mass is 8.18. The second-order valence-electron chi connectivity index (χ2n) is 44.4. The van der Waals surface area contributed by atoms with Gasteiger partial charge in [0, 0.05) is 306 Å². The molecule has 0 aliphatic heterocycles. The molecule has 0 saturated heterocycles. The van der Waals surface area contributed by atoms with Gasteiger partial charge < -0.3 is 0 Å². The van der Waals surface area contributed by atoms with E-state index in [0.717, 1.165) is 0 Å². The van der Waals surface area contributed by atoms with Gasteiger partial charge in [0.15, 0.2) is 0 Å². The summed E-state index contributed by atoms with van der Waals surface area (Å²) in [5.41, 5.74) is 0. The fourth-order valence-corrected chi connectivity index (χ4v) is 28.7. The molecule has 394 valence electrons. The molecule has 0 N–H and O–H groups in total. The molecule has 0 nitrogen and oxygen atoms in total. The van der Waals surface area contributed by atoms with Crippen LogP contribution in [0.3, 0.4) is 0 Å². The van der Waals surface area contributed by atoms with Crippen molar-refractivity contribution in [1.82, 2.24) is 0 Å². The van der Waals surface area contributed by atoms with E-state index < -0.39 is 0 Å². The van der Waals surface area contributed by atoms with Crippen molar-refractivity contribution in [3.8, 4) is 0 Å². The van der Waals surface area contributed by atoms with Crippen molar-refractivity contribution in [3.63, 3.8) is 0 Å². The van der Waals surface area contributed by atoms with Crippen molar-refractivity contribution in [1.29, 1.82) is 0 Å². The molecule has 0 aromatic rings. The zero-order valence-electron chi connectivity index (χ0n) is 77.7. The van der Waals surface area contributed by atoms with Gasteiger partial charge in [-0.3, -0.25) is 0 Å². The first-order chi connectivity index (χ1) is 44.5. The molecule has 0 unspecified atom stereocenters. The first kappa shape index (κ1) is 104. The Morgan fingerprint density at radius 2 is 0.0918 bits per heavy atom. The maximum absolute atomic E-state index is 2.82. The summed E-state index contributed by atoms with van der Waals surface area (Å²) in [6.07, 6.45) is 25.4. The van der Waals surface area contributed by atoms with Crippen LogP contribution in [-0.2, 0) is 0 Å². The van der Waals surface area contributed by atoms with Crippen LogP contribution >= 0.6 is 0 Å². The summed E-state index contributed by atoms with van der Waals surface area (Å²) in [6.45, 7) is 0. The quantitative estimate of drug-likeness (QED) is 0.0533. The Morgan fingerprint density at radius 1 is 0.0510 bits per heavy atom. The van der Waals surface area contributed by atoms with Crippen LogP contribution in [0.2, 0.25) is 0 Å². The third-order valence-corrected chi connectivity index (χ3v) is 29.0. The fraction of sp³-hybridized carbons (Fsp3) is 0. The molecular weight excluding hydrogens is 1060 g/mol. The predicted molar refractivity (Wildman–Crippen MR) is 703 cm³/mol. The van der Waals surface area contributed by atoms with Crippen molar-refractivity contribution < 1.29 is 0 Å². The van der Waals surface area contributed by atoms with Gasteiger partial charge >= 0.3 is 0 Å². The van der Waals surface area contributed by atoms with Crippen LogP contribution in [0.1, 0.15) is 0 Å². The van der Waals surface area contributed by atoms with Crippen molar-refractivity contribution in [2.75, 3.05) is 0 Å². The summed E-state index contributed by atoms with van der Waals surface area (Å²) in [4.78, 5) is 0. The molecule has 0 spiro atoms. The van der Waals surface area contributed by atoms with Gasteiger partial charge in [0.05, 0.1) is 387 Å². The Morgan fingerprint density at radius 3 is 0.153 bits per heavy atom. The zero-order valence-corrected chi connectivity index (χ0v) is 77.7. The van der Waals surface area contributed by atoms with E-state index in [2.05, 4.69) is 387 Å². The highest BCUT2D eigenvalue weighted by Crippen LogP contribution is 2.30. The molecule has 0 aromatic carbocycles. The zero-order chi connectivity index (χ0) is 77.7. The molecule has 0 amide bonds. The summed E-state index contributed by atoms with van der Waals surface area (Å²) >= 11 is 0. The highest BCUT2D eigenvalue weighted by molar-refractivity contribution is 8.44. The Kier molecular flexibility index (Phi) is 51.0. The van der Waals surface area contributed by atoms with Crippen LogP contribution in [-0.4, -0.2) is 693 Å². The highest BCUT2D eigenvalue weighted by Gasteiger charge is 2.69. The number of hydrogen-bond donors (Lipinski definition) is 0. The average molecular weight is 1160 g/mol. The predicted octanol–water partition coefficient (Wildman–Crippen LogP) is -64.1. The number of rotatable bonds is 47. The van der Waals surface area contributed by atoms with Gasteiger partial charge in [0.2, 0.25) is 0 Å². The third-order valence-electron chi connectivity index (χ3n) is 29.0. The Balaban J connectivity index is 14.5. The third kappa shape index (κ3) is 27.8. The van der Waals surface area contributed by atoms with Crippen molar-refractivity contribution in [2.24, 2.45) is 0 Å². The Hall–Kier alpha value is 6.36. The van der Waals surface area contributed by atoms with E-state index in [4.69, 9.17) is 0 Å². The van der Waals surface area contributed by atoms with Gasteiger partial charge in [-0.05, 0) is 0 Å². The van der Waals surface area contributed by atoms with Crippen molar-refractivity contribution in [3.05, 3.63) is 0 Å². The van der Waals surface area contributed by atoms with E-state index in [1.54, 1.807) is 0 Å². The molecule has 0 aromatic heterocycles. The second kappa shape index (κ2) is 47.9. The summed E-state index contributed by atoms with van der Waals surface area (Å²) in [5.74, 6) is 0. The van der Waals surface area contributed by atoms with Gasteiger partial charge in [-0.15, -0.1) is 0 Å². The molecule has 0 atom stereocenters. The Bertz CT molecular complexity index is 1640. The topological polar surface area (TPSA) is 0 Å². The molecular formula is H100B98. The van der Waals surface area contributed by atoms with E-state index in [1.165, 1.54) is 0 Å². The smallest absolute Gasteiger partial charge is 0.000000161 e. The van der Waals surface area contributed by atoms with Crippen LogP contribution < -0.4 is 0 Å². The highest BCUT2D eigenvalue weighted by atomic mass is 13.5.